The van der Waals surface area contributed by atoms with Gasteiger partial charge in [-0.05, 0) is 25.3 Å². The summed E-state index contributed by atoms with van der Waals surface area (Å²) in [6, 6.07) is 1.96. The van der Waals surface area contributed by atoms with Gasteiger partial charge >= 0.3 is 0 Å². The van der Waals surface area contributed by atoms with E-state index in [2.05, 4.69) is 15.0 Å². The van der Waals surface area contributed by atoms with Gasteiger partial charge < -0.3 is 4.74 Å². The molecule has 2 aromatic heterocycles. The normalized spacial score (nSPS) is 19.5. The minimum atomic E-state index is 0.642. The number of hydrogen-bond donors (Lipinski definition) is 0. The van der Waals surface area contributed by atoms with Crippen molar-refractivity contribution in [1.82, 2.24) is 15.0 Å². The standard InChI is InChI=1S/C13H15N3OS/c1-9-11-2-4-14-6-12(11)16-13(15-9)18-8-10-3-5-17-7-10/h2,4,6,10H,3,5,7-8H2,1H3. The molecule has 0 aromatic carbocycles. The fourth-order valence-electron chi connectivity index (χ4n) is 2.08. The summed E-state index contributed by atoms with van der Waals surface area (Å²) < 4.78 is 5.38. The molecular formula is C13H15N3OS. The quantitative estimate of drug-likeness (QED) is 0.627. The van der Waals surface area contributed by atoms with Crippen LogP contribution in [0.2, 0.25) is 0 Å². The first-order chi connectivity index (χ1) is 8.83. The van der Waals surface area contributed by atoms with E-state index >= 15 is 0 Å². The summed E-state index contributed by atoms with van der Waals surface area (Å²) in [5.41, 5.74) is 1.95. The Morgan fingerprint density at radius 3 is 3.22 bits per heavy atom. The van der Waals surface area contributed by atoms with Gasteiger partial charge in [0, 0.05) is 29.6 Å². The summed E-state index contributed by atoms with van der Waals surface area (Å²) in [7, 11) is 0. The molecule has 1 unspecified atom stereocenters. The van der Waals surface area contributed by atoms with Gasteiger partial charge in [0.05, 0.1) is 18.3 Å². The van der Waals surface area contributed by atoms with Crippen LogP contribution in [0.15, 0.2) is 23.6 Å². The average Bonchev–Trinajstić information content (AvgIpc) is 2.90. The molecule has 1 aliphatic heterocycles. The van der Waals surface area contributed by atoms with Gasteiger partial charge in [-0.3, -0.25) is 4.98 Å². The Bertz CT molecular complexity index is 555. The highest BCUT2D eigenvalue weighted by Crippen LogP contribution is 2.24. The summed E-state index contributed by atoms with van der Waals surface area (Å²) in [6.45, 7) is 3.79. The molecule has 3 heterocycles. The largest absolute Gasteiger partial charge is 0.381 e. The molecule has 3 rings (SSSR count). The maximum absolute atomic E-state index is 5.38. The molecule has 1 saturated heterocycles. The highest BCUT2D eigenvalue weighted by molar-refractivity contribution is 7.99. The van der Waals surface area contributed by atoms with Crippen LogP contribution in [-0.4, -0.2) is 33.9 Å². The second-order valence-electron chi connectivity index (χ2n) is 4.53. The smallest absolute Gasteiger partial charge is 0.188 e. The summed E-state index contributed by atoms with van der Waals surface area (Å²) in [4.78, 5) is 13.2. The number of thioether (sulfide) groups is 1. The number of pyridine rings is 1. The van der Waals surface area contributed by atoms with Crippen molar-refractivity contribution in [2.24, 2.45) is 5.92 Å². The molecule has 0 amide bonds. The zero-order chi connectivity index (χ0) is 12.4. The van der Waals surface area contributed by atoms with Crippen molar-refractivity contribution in [2.75, 3.05) is 19.0 Å². The number of fused-ring (bicyclic) bond motifs is 1. The van der Waals surface area contributed by atoms with Crippen LogP contribution >= 0.6 is 11.8 Å². The first-order valence-corrected chi connectivity index (χ1v) is 7.10. The number of aryl methyl sites for hydroxylation is 1. The Kier molecular flexibility index (Phi) is 3.43. The lowest BCUT2D eigenvalue weighted by molar-refractivity contribution is 0.189. The Balaban J connectivity index is 1.79. The molecule has 4 nitrogen and oxygen atoms in total. The van der Waals surface area contributed by atoms with Crippen molar-refractivity contribution in [3.8, 4) is 0 Å². The predicted molar refractivity (Wildman–Crippen MR) is 71.7 cm³/mol. The zero-order valence-electron chi connectivity index (χ0n) is 10.3. The summed E-state index contributed by atoms with van der Waals surface area (Å²) in [6.07, 6.45) is 4.73. The number of hydrogen-bond acceptors (Lipinski definition) is 5. The van der Waals surface area contributed by atoms with Gasteiger partial charge in [0.2, 0.25) is 0 Å². The lowest BCUT2D eigenvalue weighted by Gasteiger charge is -2.07. The summed E-state index contributed by atoms with van der Waals surface area (Å²) >= 11 is 1.72. The molecule has 2 aromatic rings. The monoisotopic (exact) mass is 261 g/mol. The van der Waals surface area contributed by atoms with Gasteiger partial charge in [0.15, 0.2) is 5.16 Å². The van der Waals surface area contributed by atoms with Crippen molar-refractivity contribution in [2.45, 2.75) is 18.5 Å². The van der Waals surface area contributed by atoms with E-state index in [1.165, 1.54) is 0 Å². The van der Waals surface area contributed by atoms with Crippen LogP contribution in [0.25, 0.3) is 10.9 Å². The topological polar surface area (TPSA) is 47.9 Å². The molecular weight excluding hydrogens is 246 g/mol. The van der Waals surface area contributed by atoms with Crippen molar-refractivity contribution in [1.29, 1.82) is 0 Å². The van der Waals surface area contributed by atoms with E-state index in [4.69, 9.17) is 4.74 Å². The third-order valence-corrected chi connectivity index (χ3v) is 4.22. The molecule has 1 aliphatic rings. The van der Waals surface area contributed by atoms with Crippen LogP contribution in [-0.2, 0) is 4.74 Å². The highest BCUT2D eigenvalue weighted by atomic mass is 32.2. The van der Waals surface area contributed by atoms with Crippen molar-refractivity contribution >= 4 is 22.7 Å². The van der Waals surface area contributed by atoms with Crippen molar-refractivity contribution in [3.05, 3.63) is 24.2 Å². The van der Waals surface area contributed by atoms with Crippen LogP contribution in [0.5, 0.6) is 0 Å². The van der Waals surface area contributed by atoms with E-state index in [0.717, 1.165) is 47.1 Å². The van der Waals surface area contributed by atoms with Crippen molar-refractivity contribution in [3.63, 3.8) is 0 Å². The average molecular weight is 261 g/mol. The molecule has 0 N–H and O–H groups in total. The number of aromatic nitrogens is 3. The Morgan fingerprint density at radius 1 is 1.44 bits per heavy atom. The molecule has 1 fully saturated rings. The number of nitrogens with zero attached hydrogens (tertiary/aromatic N) is 3. The van der Waals surface area contributed by atoms with E-state index < -0.39 is 0 Å². The number of rotatable bonds is 3. The first-order valence-electron chi connectivity index (χ1n) is 6.12. The zero-order valence-corrected chi connectivity index (χ0v) is 11.1. The SMILES string of the molecule is Cc1nc(SCC2CCOC2)nc2cnccc12. The van der Waals surface area contributed by atoms with Crippen molar-refractivity contribution < 1.29 is 4.74 Å². The molecule has 0 aliphatic carbocycles. The predicted octanol–water partition coefficient (Wildman–Crippen LogP) is 2.46. The van der Waals surface area contributed by atoms with Crippen LogP contribution in [0.1, 0.15) is 12.1 Å². The second-order valence-corrected chi connectivity index (χ2v) is 5.51. The summed E-state index contributed by atoms with van der Waals surface area (Å²) in [5, 5.41) is 1.93. The second kappa shape index (κ2) is 5.20. The fraction of sp³-hybridized carbons (Fsp3) is 0.462. The molecule has 0 saturated carbocycles. The third kappa shape index (κ3) is 2.47. The maximum atomic E-state index is 5.38. The molecule has 0 radical (unpaired) electrons. The van der Waals surface area contributed by atoms with E-state index in [9.17, 15) is 0 Å². The van der Waals surface area contributed by atoms with Crippen LogP contribution in [0.3, 0.4) is 0 Å². The Labute approximate surface area is 110 Å². The van der Waals surface area contributed by atoms with Gasteiger partial charge in [-0.1, -0.05) is 11.8 Å². The lowest BCUT2D eigenvalue weighted by atomic mass is 10.2. The van der Waals surface area contributed by atoms with Crippen LogP contribution in [0.4, 0.5) is 0 Å². The Morgan fingerprint density at radius 2 is 2.39 bits per heavy atom. The molecule has 0 spiro atoms. The van der Waals surface area contributed by atoms with Gasteiger partial charge in [-0.25, -0.2) is 9.97 Å². The van der Waals surface area contributed by atoms with Crippen LogP contribution < -0.4 is 0 Å². The maximum Gasteiger partial charge on any atom is 0.188 e. The highest BCUT2D eigenvalue weighted by Gasteiger charge is 2.16. The molecule has 94 valence electrons. The molecule has 5 heteroatoms. The minimum absolute atomic E-state index is 0.642. The fourth-order valence-corrected chi connectivity index (χ4v) is 3.10. The van der Waals surface area contributed by atoms with E-state index in [1.807, 2.05) is 13.0 Å². The van der Waals surface area contributed by atoms with Crippen LogP contribution in [0, 0.1) is 12.8 Å². The first kappa shape index (κ1) is 11.9. The minimum Gasteiger partial charge on any atom is -0.381 e. The van der Waals surface area contributed by atoms with Gasteiger partial charge in [-0.2, -0.15) is 0 Å². The molecule has 1 atom stereocenters. The lowest BCUT2D eigenvalue weighted by Crippen LogP contribution is -2.03. The van der Waals surface area contributed by atoms with Gasteiger partial charge in [0.1, 0.15) is 0 Å². The van der Waals surface area contributed by atoms with E-state index in [1.54, 1.807) is 24.2 Å². The van der Waals surface area contributed by atoms with E-state index in [0.29, 0.717) is 5.92 Å². The van der Waals surface area contributed by atoms with Gasteiger partial charge in [0.25, 0.3) is 0 Å². The Hall–Kier alpha value is -1.20. The molecule has 0 bridgehead atoms. The third-order valence-electron chi connectivity index (χ3n) is 3.14. The summed E-state index contributed by atoms with van der Waals surface area (Å²) in [5.74, 6) is 1.68. The molecule has 18 heavy (non-hydrogen) atoms. The van der Waals surface area contributed by atoms with Gasteiger partial charge in [-0.15, -0.1) is 0 Å². The number of ether oxygens (including phenoxy) is 1. The van der Waals surface area contributed by atoms with E-state index in [-0.39, 0.29) is 0 Å².